The molecule has 0 heterocycles. The average molecular weight is 288 g/mol. The van der Waals surface area contributed by atoms with Gasteiger partial charge in [0.15, 0.2) is 5.78 Å². The molecule has 1 N–H and O–H groups in total. The van der Waals surface area contributed by atoms with Gasteiger partial charge in [-0.05, 0) is 61.3 Å². The Morgan fingerprint density at radius 3 is 2.76 bits per heavy atom. The number of fused-ring (bicyclic) bond motifs is 2. The van der Waals surface area contributed by atoms with E-state index in [9.17, 15) is 9.90 Å². The molecular weight excluding hydrogens is 260 g/mol. The molecule has 0 aliphatic heterocycles. The maximum atomic E-state index is 12.6. The van der Waals surface area contributed by atoms with E-state index < -0.39 is 0 Å². The molecule has 3 aliphatic rings. The van der Waals surface area contributed by atoms with Gasteiger partial charge in [0, 0.05) is 5.92 Å². The maximum Gasteiger partial charge on any atom is 0.158 e. The van der Waals surface area contributed by atoms with Crippen LogP contribution >= 0.6 is 0 Å². The Morgan fingerprint density at radius 1 is 1.33 bits per heavy atom. The molecule has 0 aromatic carbocycles. The fourth-order valence-corrected chi connectivity index (χ4v) is 4.69. The molecule has 0 saturated heterocycles. The zero-order chi connectivity index (χ0) is 15.4. The van der Waals surface area contributed by atoms with Crippen molar-refractivity contribution in [2.24, 2.45) is 35.0 Å². The molecule has 0 radical (unpaired) electrons. The third-order valence-electron chi connectivity index (χ3n) is 6.41. The lowest BCUT2D eigenvalue weighted by Crippen LogP contribution is -2.25. The molecule has 0 aromatic heterocycles. The Hall–Kier alpha value is -0.890. The molecule has 2 saturated carbocycles. The van der Waals surface area contributed by atoms with E-state index in [2.05, 4.69) is 39.8 Å². The van der Waals surface area contributed by atoms with Crippen LogP contribution in [0.25, 0.3) is 0 Å². The lowest BCUT2D eigenvalue weighted by atomic mass is 9.85. The second-order valence-electron chi connectivity index (χ2n) is 8.18. The summed E-state index contributed by atoms with van der Waals surface area (Å²) in [6.07, 6.45) is 8.80. The Balaban J connectivity index is 1.88. The van der Waals surface area contributed by atoms with Crippen molar-refractivity contribution in [3.05, 3.63) is 23.8 Å². The Morgan fingerprint density at radius 2 is 2.05 bits per heavy atom. The highest BCUT2D eigenvalue weighted by atomic mass is 16.3. The third-order valence-corrected chi connectivity index (χ3v) is 6.41. The van der Waals surface area contributed by atoms with Gasteiger partial charge in [-0.25, -0.2) is 0 Å². The predicted octanol–water partition coefficient (Wildman–Crippen LogP) is 3.76. The van der Waals surface area contributed by atoms with Crippen molar-refractivity contribution < 1.29 is 9.90 Å². The summed E-state index contributed by atoms with van der Waals surface area (Å²) in [6, 6.07) is 0. The van der Waals surface area contributed by atoms with Gasteiger partial charge in [0.1, 0.15) is 0 Å². The largest absolute Gasteiger partial charge is 0.393 e. The average Bonchev–Trinajstić information content (AvgIpc) is 2.83. The second-order valence-corrected chi connectivity index (χ2v) is 8.18. The summed E-state index contributed by atoms with van der Waals surface area (Å²) in [4.78, 5) is 12.6. The van der Waals surface area contributed by atoms with Crippen molar-refractivity contribution in [2.75, 3.05) is 0 Å². The van der Waals surface area contributed by atoms with Crippen LogP contribution in [-0.2, 0) is 4.79 Å². The van der Waals surface area contributed by atoms with Gasteiger partial charge in [-0.3, -0.25) is 4.79 Å². The molecule has 0 bridgehead atoms. The first-order valence-electron chi connectivity index (χ1n) is 8.38. The zero-order valence-electron chi connectivity index (χ0n) is 13.7. The second kappa shape index (κ2) is 5.08. The van der Waals surface area contributed by atoms with Crippen molar-refractivity contribution in [2.45, 2.75) is 53.1 Å². The van der Waals surface area contributed by atoms with Crippen LogP contribution in [0.2, 0.25) is 0 Å². The van der Waals surface area contributed by atoms with Crippen LogP contribution < -0.4 is 0 Å². The lowest BCUT2D eigenvalue weighted by molar-refractivity contribution is -0.119. The number of carbonyl (C=O) groups is 1. The number of carbonyl (C=O) groups excluding carboxylic acids is 1. The van der Waals surface area contributed by atoms with Gasteiger partial charge in [0.2, 0.25) is 0 Å². The number of aliphatic hydroxyl groups excluding tert-OH is 1. The number of hydrogen-bond acceptors (Lipinski definition) is 2. The van der Waals surface area contributed by atoms with Crippen LogP contribution in [0, 0.1) is 35.0 Å². The van der Waals surface area contributed by atoms with E-state index in [4.69, 9.17) is 0 Å². The summed E-state index contributed by atoms with van der Waals surface area (Å²) in [5, 5.41) is 10.4. The predicted molar refractivity (Wildman–Crippen MR) is 84.7 cm³/mol. The van der Waals surface area contributed by atoms with Gasteiger partial charge in [0.25, 0.3) is 0 Å². The summed E-state index contributed by atoms with van der Waals surface area (Å²) in [5.74, 6) is 1.78. The van der Waals surface area contributed by atoms with E-state index in [1.54, 1.807) is 0 Å². The first-order valence-corrected chi connectivity index (χ1v) is 8.38. The van der Waals surface area contributed by atoms with E-state index in [-0.39, 0.29) is 29.6 Å². The van der Waals surface area contributed by atoms with Crippen molar-refractivity contribution >= 4 is 5.78 Å². The standard InChI is InChI=1S/C19H28O2/c1-11-5-6-15-16(19(15,3)4)7-8-17(20)13-10-12(2)18(21)14(13)9-11/h5,7-8,12-16,18,21H,6,9-10H2,1-4H3. The van der Waals surface area contributed by atoms with E-state index in [0.29, 0.717) is 17.3 Å². The molecule has 2 nitrogen and oxygen atoms in total. The summed E-state index contributed by atoms with van der Waals surface area (Å²) < 4.78 is 0. The van der Waals surface area contributed by atoms with Crippen LogP contribution in [0.5, 0.6) is 0 Å². The maximum absolute atomic E-state index is 12.6. The molecule has 3 aliphatic carbocycles. The minimum absolute atomic E-state index is 0.00742. The highest BCUT2D eigenvalue weighted by molar-refractivity contribution is 5.92. The van der Waals surface area contributed by atoms with Crippen molar-refractivity contribution in [3.8, 4) is 0 Å². The van der Waals surface area contributed by atoms with Crippen LogP contribution in [0.15, 0.2) is 23.8 Å². The molecule has 21 heavy (non-hydrogen) atoms. The van der Waals surface area contributed by atoms with Crippen LogP contribution in [0.1, 0.15) is 47.0 Å². The molecule has 6 unspecified atom stereocenters. The fourth-order valence-electron chi connectivity index (χ4n) is 4.69. The molecule has 6 atom stereocenters. The Kier molecular flexibility index (Phi) is 3.64. The number of rotatable bonds is 0. The first kappa shape index (κ1) is 15.0. The minimum Gasteiger partial charge on any atom is -0.393 e. The number of aliphatic hydroxyl groups is 1. The highest BCUT2D eigenvalue weighted by Gasteiger charge is 2.55. The zero-order valence-corrected chi connectivity index (χ0v) is 13.7. The Bertz CT molecular complexity index is 500. The number of allylic oxidation sites excluding steroid dienone is 4. The van der Waals surface area contributed by atoms with E-state index in [1.165, 1.54) is 5.57 Å². The quantitative estimate of drug-likeness (QED) is 0.689. The minimum atomic E-state index is -0.331. The lowest BCUT2D eigenvalue weighted by Gasteiger charge is -2.21. The van der Waals surface area contributed by atoms with Gasteiger partial charge in [-0.1, -0.05) is 38.5 Å². The Labute approximate surface area is 128 Å². The van der Waals surface area contributed by atoms with Crippen molar-refractivity contribution in [1.82, 2.24) is 0 Å². The van der Waals surface area contributed by atoms with Gasteiger partial charge in [-0.15, -0.1) is 0 Å². The van der Waals surface area contributed by atoms with Crippen molar-refractivity contribution in [1.29, 1.82) is 0 Å². The summed E-state index contributed by atoms with van der Waals surface area (Å²) in [5.41, 5.74) is 1.67. The van der Waals surface area contributed by atoms with Gasteiger partial charge in [-0.2, -0.15) is 0 Å². The molecule has 0 aromatic rings. The fraction of sp³-hybridized carbons (Fsp3) is 0.737. The number of hydrogen-bond donors (Lipinski definition) is 1. The third kappa shape index (κ3) is 2.52. The monoisotopic (exact) mass is 288 g/mol. The summed E-state index contributed by atoms with van der Waals surface area (Å²) in [7, 11) is 0. The molecule has 0 amide bonds. The molecule has 0 spiro atoms. The molecular formula is C19H28O2. The number of ketones is 1. The molecule has 116 valence electrons. The molecule has 2 fully saturated rings. The van der Waals surface area contributed by atoms with Gasteiger partial charge >= 0.3 is 0 Å². The SMILES string of the molecule is CC1=CCC2C(C=CC(=O)C3CC(C)C(O)C3C1)C2(C)C. The topological polar surface area (TPSA) is 37.3 Å². The van der Waals surface area contributed by atoms with Crippen LogP contribution in [-0.4, -0.2) is 17.0 Å². The molecule has 2 heteroatoms. The van der Waals surface area contributed by atoms with Crippen LogP contribution in [0.3, 0.4) is 0 Å². The van der Waals surface area contributed by atoms with Crippen LogP contribution in [0.4, 0.5) is 0 Å². The molecule has 3 rings (SSSR count). The first-order chi connectivity index (χ1) is 9.82. The summed E-state index contributed by atoms with van der Waals surface area (Å²) in [6.45, 7) is 8.83. The van der Waals surface area contributed by atoms with E-state index in [1.807, 2.05) is 6.08 Å². The van der Waals surface area contributed by atoms with Crippen molar-refractivity contribution in [3.63, 3.8) is 0 Å². The van der Waals surface area contributed by atoms with E-state index in [0.717, 1.165) is 19.3 Å². The summed E-state index contributed by atoms with van der Waals surface area (Å²) >= 11 is 0. The van der Waals surface area contributed by atoms with Gasteiger partial charge in [0.05, 0.1) is 6.10 Å². The normalized spacial score (nSPS) is 45.4. The van der Waals surface area contributed by atoms with Gasteiger partial charge < -0.3 is 5.11 Å². The van der Waals surface area contributed by atoms with E-state index >= 15 is 0 Å². The smallest absolute Gasteiger partial charge is 0.158 e. The highest BCUT2D eigenvalue weighted by Crippen LogP contribution is 2.61.